The molecule has 3 aromatic rings. The first kappa shape index (κ1) is 13.2. The van der Waals surface area contributed by atoms with E-state index in [0.717, 1.165) is 11.4 Å². The number of anilines is 1. The second-order valence-electron chi connectivity index (χ2n) is 4.42. The van der Waals surface area contributed by atoms with Crippen LogP contribution in [0.3, 0.4) is 0 Å². The van der Waals surface area contributed by atoms with Crippen LogP contribution in [0, 0.1) is 0 Å². The van der Waals surface area contributed by atoms with E-state index < -0.39 is 6.10 Å². The minimum Gasteiger partial charge on any atom is -0.388 e. The highest BCUT2D eigenvalue weighted by molar-refractivity contribution is 5.47. The fraction of sp³-hybridized carbons (Fsp3) is 0.143. The van der Waals surface area contributed by atoms with Crippen LogP contribution < -0.4 is 5.32 Å². The third-order valence-corrected chi connectivity index (χ3v) is 3.08. The molecule has 1 unspecified atom stereocenters. The maximum atomic E-state index is 10.2. The minimum absolute atomic E-state index is 0.424. The van der Waals surface area contributed by atoms with Gasteiger partial charge in [-0.15, -0.1) is 5.10 Å². The molecule has 3 rings (SSSR count). The van der Waals surface area contributed by atoms with Crippen LogP contribution in [0.5, 0.6) is 0 Å². The number of rotatable bonds is 4. The SMILES string of the molecule is CNc1ccc(-n2cc(C(O)c3cnccn3)nn2)cc1. The Morgan fingerprint density at radius 3 is 2.62 bits per heavy atom. The van der Waals surface area contributed by atoms with Crippen LogP contribution in [0.25, 0.3) is 5.69 Å². The van der Waals surface area contributed by atoms with E-state index in [1.165, 1.54) is 12.4 Å². The van der Waals surface area contributed by atoms with Gasteiger partial charge in [-0.25, -0.2) is 4.68 Å². The maximum absolute atomic E-state index is 10.2. The van der Waals surface area contributed by atoms with Crippen molar-refractivity contribution in [2.45, 2.75) is 6.10 Å². The van der Waals surface area contributed by atoms with E-state index in [2.05, 4.69) is 25.6 Å². The summed E-state index contributed by atoms with van der Waals surface area (Å²) in [4.78, 5) is 7.99. The Hall–Kier alpha value is -2.80. The lowest BCUT2D eigenvalue weighted by Crippen LogP contribution is -2.03. The summed E-state index contributed by atoms with van der Waals surface area (Å²) >= 11 is 0. The fourth-order valence-corrected chi connectivity index (χ4v) is 1.91. The number of hydrogen-bond donors (Lipinski definition) is 2. The summed E-state index contributed by atoms with van der Waals surface area (Å²) < 4.78 is 1.61. The number of hydrogen-bond acceptors (Lipinski definition) is 6. The molecular weight excluding hydrogens is 268 g/mol. The zero-order valence-electron chi connectivity index (χ0n) is 11.4. The van der Waals surface area contributed by atoms with Crippen molar-refractivity contribution in [2.75, 3.05) is 12.4 Å². The molecule has 0 amide bonds. The fourth-order valence-electron chi connectivity index (χ4n) is 1.91. The van der Waals surface area contributed by atoms with Gasteiger partial charge in [-0.1, -0.05) is 5.21 Å². The predicted octanol–water partition coefficient (Wildman–Crippen LogP) is 1.18. The summed E-state index contributed by atoms with van der Waals surface area (Å²) in [7, 11) is 1.86. The van der Waals surface area contributed by atoms with Gasteiger partial charge in [0.1, 0.15) is 11.8 Å². The van der Waals surface area contributed by atoms with Crippen molar-refractivity contribution in [1.29, 1.82) is 0 Å². The van der Waals surface area contributed by atoms with Crippen LogP contribution >= 0.6 is 0 Å². The summed E-state index contributed by atoms with van der Waals surface area (Å²) in [5.74, 6) is 0. The standard InChI is InChI=1S/C14H14N6O/c1-15-10-2-4-11(5-3-10)20-9-13(18-19-20)14(21)12-8-16-6-7-17-12/h2-9,14-15,21H,1H3. The largest absolute Gasteiger partial charge is 0.388 e. The number of nitrogens with one attached hydrogen (secondary N) is 1. The number of aromatic nitrogens is 5. The van der Waals surface area contributed by atoms with Gasteiger partial charge in [0.2, 0.25) is 0 Å². The Morgan fingerprint density at radius 2 is 1.95 bits per heavy atom. The molecule has 0 saturated heterocycles. The monoisotopic (exact) mass is 282 g/mol. The Kier molecular flexibility index (Phi) is 3.57. The van der Waals surface area contributed by atoms with E-state index in [4.69, 9.17) is 0 Å². The third-order valence-electron chi connectivity index (χ3n) is 3.08. The van der Waals surface area contributed by atoms with Crippen molar-refractivity contribution in [2.24, 2.45) is 0 Å². The van der Waals surface area contributed by atoms with Gasteiger partial charge in [0.05, 0.1) is 23.8 Å². The number of aliphatic hydroxyl groups excluding tert-OH is 1. The molecule has 1 atom stereocenters. The third kappa shape index (κ3) is 2.72. The molecule has 7 nitrogen and oxygen atoms in total. The van der Waals surface area contributed by atoms with Crippen molar-refractivity contribution in [3.8, 4) is 5.69 Å². The highest BCUT2D eigenvalue weighted by Crippen LogP contribution is 2.18. The molecule has 0 aliphatic rings. The predicted molar refractivity (Wildman–Crippen MR) is 77.0 cm³/mol. The van der Waals surface area contributed by atoms with Gasteiger partial charge < -0.3 is 10.4 Å². The first-order chi connectivity index (χ1) is 10.3. The maximum Gasteiger partial charge on any atom is 0.143 e. The molecule has 0 bridgehead atoms. The zero-order valence-corrected chi connectivity index (χ0v) is 11.4. The van der Waals surface area contributed by atoms with Crippen molar-refractivity contribution >= 4 is 5.69 Å². The molecule has 7 heteroatoms. The minimum atomic E-state index is -0.941. The second-order valence-corrected chi connectivity index (χ2v) is 4.42. The number of benzene rings is 1. The van der Waals surface area contributed by atoms with Crippen LogP contribution in [-0.4, -0.2) is 37.1 Å². The molecule has 0 fully saturated rings. The average molecular weight is 282 g/mol. The molecule has 0 radical (unpaired) electrons. The average Bonchev–Trinajstić information content (AvgIpc) is 3.05. The summed E-state index contributed by atoms with van der Waals surface area (Å²) in [6.07, 6.45) is 5.32. The lowest BCUT2D eigenvalue weighted by Gasteiger charge is -2.05. The normalized spacial score (nSPS) is 12.1. The van der Waals surface area contributed by atoms with Crippen LogP contribution in [0.1, 0.15) is 17.5 Å². The Labute approximate surface area is 121 Å². The van der Waals surface area contributed by atoms with Gasteiger partial charge in [-0.3, -0.25) is 9.97 Å². The van der Waals surface area contributed by atoms with Crippen LogP contribution in [0.15, 0.2) is 49.1 Å². The molecule has 106 valence electrons. The number of aliphatic hydroxyl groups is 1. The van der Waals surface area contributed by atoms with E-state index >= 15 is 0 Å². The molecule has 2 heterocycles. The highest BCUT2D eigenvalue weighted by atomic mass is 16.3. The first-order valence-corrected chi connectivity index (χ1v) is 6.42. The second kappa shape index (κ2) is 5.68. The van der Waals surface area contributed by atoms with E-state index in [1.807, 2.05) is 31.3 Å². The van der Waals surface area contributed by atoms with Gasteiger partial charge in [0, 0.05) is 25.1 Å². The van der Waals surface area contributed by atoms with E-state index in [0.29, 0.717) is 11.4 Å². The highest BCUT2D eigenvalue weighted by Gasteiger charge is 2.16. The van der Waals surface area contributed by atoms with E-state index in [-0.39, 0.29) is 0 Å². The van der Waals surface area contributed by atoms with Gasteiger partial charge in [-0.2, -0.15) is 0 Å². The molecule has 0 aliphatic carbocycles. The summed E-state index contributed by atoms with van der Waals surface area (Å²) in [6.45, 7) is 0. The van der Waals surface area contributed by atoms with Crippen molar-refractivity contribution < 1.29 is 5.11 Å². The van der Waals surface area contributed by atoms with Crippen LogP contribution in [0.4, 0.5) is 5.69 Å². The van der Waals surface area contributed by atoms with Crippen molar-refractivity contribution in [3.05, 3.63) is 60.4 Å². The molecule has 0 spiro atoms. The van der Waals surface area contributed by atoms with Gasteiger partial charge in [0.25, 0.3) is 0 Å². The quantitative estimate of drug-likeness (QED) is 0.747. The Balaban J connectivity index is 1.85. The summed E-state index contributed by atoms with van der Waals surface area (Å²) in [5, 5.41) is 21.3. The van der Waals surface area contributed by atoms with E-state index in [9.17, 15) is 5.11 Å². The summed E-state index contributed by atoms with van der Waals surface area (Å²) in [6, 6.07) is 7.71. The topological polar surface area (TPSA) is 88.8 Å². The molecule has 2 aromatic heterocycles. The van der Waals surface area contributed by atoms with Crippen LogP contribution in [0.2, 0.25) is 0 Å². The zero-order chi connectivity index (χ0) is 14.7. The molecule has 0 aliphatic heterocycles. The van der Waals surface area contributed by atoms with E-state index in [1.54, 1.807) is 17.1 Å². The molecule has 0 saturated carbocycles. The van der Waals surface area contributed by atoms with Gasteiger partial charge >= 0.3 is 0 Å². The molecule has 1 aromatic carbocycles. The Bertz CT molecular complexity index is 710. The van der Waals surface area contributed by atoms with Crippen molar-refractivity contribution in [1.82, 2.24) is 25.0 Å². The molecule has 21 heavy (non-hydrogen) atoms. The Morgan fingerprint density at radius 1 is 1.14 bits per heavy atom. The number of nitrogens with zero attached hydrogens (tertiary/aromatic N) is 5. The first-order valence-electron chi connectivity index (χ1n) is 6.42. The van der Waals surface area contributed by atoms with Gasteiger partial charge in [-0.05, 0) is 24.3 Å². The summed E-state index contributed by atoms with van der Waals surface area (Å²) in [5.41, 5.74) is 2.74. The van der Waals surface area contributed by atoms with Crippen molar-refractivity contribution in [3.63, 3.8) is 0 Å². The lowest BCUT2D eigenvalue weighted by atomic mass is 10.2. The molecular formula is C14H14N6O. The van der Waals surface area contributed by atoms with Gasteiger partial charge in [0.15, 0.2) is 0 Å². The van der Waals surface area contributed by atoms with Crippen LogP contribution in [-0.2, 0) is 0 Å². The molecule has 2 N–H and O–H groups in total. The smallest absolute Gasteiger partial charge is 0.143 e. The lowest BCUT2D eigenvalue weighted by molar-refractivity contribution is 0.209.